The van der Waals surface area contributed by atoms with E-state index in [-0.39, 0.29) is 11.8 Å². The molecule has 2 amide bonds. The van der Waals surface area contributed by atoms with Gasteiger partial charge in [-0.15, -0.1) is 22.7 Å². The first-order valence-electron chi connectivity index (χ1n) is 22.3. The van der Waals surface area contributed by atoms with E-state index in [1.807, 2.05) is 98.8 Å². The minimum atomic E-state index is -0.265. The molecule has 4 heterocycles. The van der Waals surface area contributed by atoms with Crippen LogP contribution in [0.5, 0.6) is 0 Å². The van der Waals surface area contributed by atoms with Gasteiger partial charge in [0.05, 0.1) is 43.0 Å². The van der Waals surface area contributed by atoms with Crippen molar-refractivity contribution in [2.45, 2.75) is 55.4 Å². The number of aryl methyl sites for hydroxylation is 8. The minimum Gasteiger partial charge on any atom is -0.341 e. The topological polar surface area (TPSA) is 112 Å². The van der Waals surface area contributed by atoms with Crippen molar-refractivity contribution in [3.05, 3.63) is 199 Å². The number of amidine groups is 1. The highest BCUT2D eigenvalue weighted by Gasteiger charge is 2.34. The number of hydrogen-bond acceptors (Lipinski definition) is 7. The van der Waals surface area contributed by atoms with E-state index >= 15 is 0 Å². The molecular formula is C57H48N6O2S2. The number of nitrogens with zero attached hydrogens (tertiary/aromatic N) is 3. The molecule has 0 fully saturated rings. The van der Waals surface area contributed by atoms with E-state index in [0.29, 0.717) is 28.5 Å². The Morgan fingerprint density at radius 1 is 0.507 bits per heavy atom. The van der Waals surface area contributed by atoms with E-state index in [4.69, 9.17) is 15.0 Å². The zero-order valence-corrected chi connectivity index (χ0v) is 40.2. The monoisotopic (exact) mass is 912 g/mol. The number of hydrogen-bond donors (Lipinski definition) is 3. The van der Waals surface area contributed by atoms with Gasteiger partial charge in [-0.1, -0.05) is 96.1 Å². The third-order valence-electron chi connectivity index (χ3n) is 12.4. The first kappa shape index (κ1) is 43.4. The lowest BCUT2D eigenvalue weighted by molar-refractivity contribution is 0.0975. The number of amides is 2. The lowest BCUT2D eigenvalue weighted by Crippen LogP contribution is -2.31. The van der Waals surface area contributed by atoms with Crippen molar-refractivity contribution in [3.8, 4) is 21.7 Å². The maximum Gasteiger partial charge on any atom is 0.257 e. The van der Waals surface area contributed by atoms with E-state index in [1.165, 1.54) is 0 Å². The Labute approximate surface area is 397 Å². The first-order valence-corrected chi connectivity index (χ1v) is 23.9. The average molecular weight is 913 g/mol. The molecule has 0 bridgehead atoms. The summed E-state index contributed by atoms with van der Waals surface area (Å²) in [6.45, 7) is 16.6. The standard InChI is InChI=1S/C57H48N6O2S2/c1-30-25-34(5)46(35(6)26-30)48-42(58-52(62-54(64)38-19-11-9-17-32(38)3)50(48)56-60-40-21-13-15-23-44(40)66-56)29-43-49(47-36(7)27-31(2)28-37(47)8)51(57-61-41-22-14-16-24-45(41)67-57)53(59-43)63-55(65)39-20-12-10-18-33(39)4/h9-29,58H,1-8H3,(H,62,64)(H,59,63,65). The lowest BCUT2D eigenvalue weighted by Gasteiger charge is -2.16. The summed E-state index contributed by atoms with van der Waals surface area (Å²) in [5, 5.41) is 8.09. The molecule has 1 aliphatic rings. The number of aromatic amines is 1. The van der Waals surface area contributed by atoms with E-state index in [2.05, 4.69) is 99.6 Å². The van der Waals surface area contributed by atoms with Gasteiger partial charge in [0.1, 0.15) is 21.7 Å². The minimum absolute atomic E-state index is 0.241. The van der Waals surface area contributed by atoms with E-state index < -0.39 is 0 Å². The highest BCUT2D eigenvalue weighted by Crippen LogP contribution is 2.49. The maximum absolute atomic E-state index is 14.4. The fourth-order valence-corrected chi connectivity index (χ4v) is 11.6. The second kappa shape index (κ2) is 17.4. The van der Waals surface area contributed by atoms with Gasteiger partial charge in [0.15, 0.2) is 0 Å². The Balaban J connectivity index is 1.30. The van der Waals surface area contributed by atoms with Crippen LogP contribution in [0.3, 0.4) is 0 Å². The number of aliphatic imine (C=N–C) groups is 1. The van der Waals surface area contributed by atoms with Gasteiger partial charge in [-0.3, -0.25) is 9.59 Å². The van der Waals surface area contributed by atoms with Gasteiger partial charge in [-0.25, -0.2) is 15.0 Å². The van der Waals surface area contributed by atoms with Crippen molar-refractivity contribution in [3.63, 3.8) is 0 Å². The molecular weight excluding hydrogens is 865 g/mol. The largest absolute Gasteiger partial charge is 0.341 e. The number of benzene rings is 6. The van der Waals surface area contributed by atoms with Gasteiger partial charge in [0.25, 0.3) is 11.8 Å². The molecule has 6 aromatic carbocycles. The number of aromatic nitrogens is 3. The summed E-state index contributed by atoms with van der Waals surface area (Å²) < 4.78 is 2.05. The zero-order chi connectivity index (χ0) is 46.7. The summed E-state index contributed by atoms with van der Waals surface area (Å²) in [5.41, 5.74) is 17.8. The summed E-state index contributed by atoms with van der Waals surface area (Å²) in [5.74, 6) is 0.417. The number of fused-ring (bicyclic) bond motifs is 2. The molecule has 8 nitrogen and oxygen atoms in total. The number of thiazole rings is 2. The molecule has 330 valence electrons. The first-order chi connectivity index (χ1) is 32.3. The third-order valence-corrected chi connectivity index (χ3v) is 14.5. The molecule has 3 N–H and O–H groups in total. The van der Waals surface area contributed by atoms with Crippen LogP contribution in [0.25, 0.3) is 59.4 Å². The van der Waals surface area contributed by atoms with Crippen LogP contribution < -0.4 is 10.6 Å². The zero-order valence-electron chi connectivity index (χ0n) is 38.6. The van der Waals surface area contributed by atoms with Crippen LogP contribution >= 0.6 is 22.7 Å². The summed E-state index contributed by atoms with van der Waals surface area (Å²) in [4.78, 5) is 48.5. The summed E-state index contributed by atoms with van der Waals surface area (Å²) in [7, 11) is 0. The van der Waals surface area contributed by atoms with Crippen LogP contribution in [0.1, 0.15) is 81.5 Å². The third kappa shape index (κ3) is 8.02. The van der Waals surface area contributed by atoms with Crippen molar-refractivity contribution >= 4 is 83.8 Å². The van der Waals surface area contributed by atoms with Crippen molar-refractivity contribution in [2.75, 3.05) is 5.32 Å². The summed E-state index contributed by atoms with van der Waals surface area (Å²) in [6, 6.07) is 40.2. The second-order valence-electron chi connectivity index (χ2n) is 17.5. The van der Waals surface area contributed by atoms with E-state index in [1.54, 1.807) is 22.7 Å². The predicted octanol–water partition coefficient (Wildman–Crippen LogP) is 14.1. The van der Waals surface area contributed by atoms with Crippen molar-refractivity contribution in [1.82, 2.24) is 20.3 Å². The molecule has 67 heavy (non-hydrogen) atoms. The van der Waals surface area contributed by atoms with Crippen LogP contribution in [-0.4, -0.2) is 32.6 Å². The predicted molar refractivity (Wildman–Crippen MR) is 279 cm³/mol. The maximum atomic E-state index is 14.4. The molecule has 1 aliphatic heterocycles. The van der Waals surface area contributed by atoms with Crippen molar-refractivity contribution < 1.29 is 9.59 Å². The summed E-state index contributed by atoms with van der Waals surface area (Å²) >= 11 is 3.16. The van der Waals surface area contributed by atoms with E-state index in [9.17, 15) is 9.59 Å². The molecule has 10 heteroatoms. The number of nitrogens with one attached hydrogen (secondary N) is 3. The molecule has 0 unspecified atom stereocenters. The van der Waals surface area contributed by atoms with Crippen molar-refractivity contribution in [2.24, 2.45) is 4.99 Å². The molecule has 0 atom stereocenters. The summed E-state index contributed by atoms with van der Waals surface area (Å²) in [6.07, 6.45) is 2.07. The number of rotatable bonds is 8. The normalized spacial score (nSPS) is 13.3. The second-order valence-corrected chi connectivity index (χ2v) is 19.5. The number of anilines is 1. The van der Waals surface area contributed by atoms with Crippen LogP contribution in [0.15, 0.2) is 132 Å². The Kier molecular flexibility index (Phi) is 11.2. The molecule has 3 aromatic heterocycles. The number of carbonyl (C=O) groups is 2. The average Bonchev–Trinajstić information content (AvgIpc) is 4.06. The molecule has 0 saturated carbocycles. The smallest absolute Gasteiger partial charge is 0.257 e. The molecule has 9 aromatic rings. The Hall–Kier alpha value is -7.53. The Morgan fingerprint density at radius 2 is 0.985 bits per heavy atom. The number of para-hydroxylation sites is 2. The highest BCUT2D eigenvalue weighted by atomic mass is 32.1. The Bertz CT molecular complexity index is 3510. The molecule has 10 rings (SSSR count). The number of carbonyl (C=O) groups excluding carboxylic acids is 2. The van der Waals surface area contributed by atoms with Gasteiger partial charge in [0.2, 0.25) is 0 Å². The van der Waals surface area contributed by atoms with E-state index in [0.717, 1.165) is 114 Å². The molecule has 0 radical (unpaired) electrons. The van der Waals surface area contributed by atoms with Gasteiger partial charge >= 0.3 is 0 Å². The molecule has 0 saturated heterocycles. The fourth-order valence-electron chi connectivity index (χ4n) is 9.58. The van der Waals surface area contributed by atoms with Crippen LogP contribution in [-0.2, 0) is 0 Å². The van der Waals surface area contributed by atoms with Gasteiger partial charge < -0.3 is 15.6 Å². The number of H-pyrrole nitrogens is 1. The van der Waals surface area contributed by atoms with Crippen LogP contribution in [0.4, 0.5) is 5.82 Å². The van der Waals surface area contributed by atoms with Gasteiger partial charge in [-0.2, -0.15) is 0 Å². The molecule has 0 spiro atoms. The fraction of sp³-hybridized carbons (Fsp3) is 0.140. The van der Waals surface area contributed by atoms with Crippen molar-refractivity contribution in [1.29, 1.82) is 0 Å². The molecule has 0 aliphatic carbocycles. The van der Waals surface area contributed by atoms with Crippen LogP contribution in [0, 0.1) is 55.4 Å². The van der Waals surface area contributed by atoms with Gasteiger partial charge in [-0.05, 0) is 142 Å². The lowest BCUT2D eigenvalue weighted by atomic mass is 9.88. The SMILES string of the molecule is Cc1cc(C)c(C2=C(c3nc4ccccc4s3)C(NC(=O)c3ccccc3C)=NC2=Cc2[nH]c(NC(=O)c3ccccc3C)c(-c3nc4ccccc4s3)c2-c2c(C)cc(C)cc2C)c(C)c1. The quantitative estimate of drug-likeness (QED) is 0.141. The van der Waals surface area contributed by atoms with Gasteiger partial charge in [0, 0.05) is 22.3 Å². The van der Waals surface area contributed by atoms with Crippen LogP contribution in [0.2, 0.25) is 0 Å². The Morgan fingerprint density at radius 3 is 1.54 bits per heavy atom. The highest BCUT2D eigenvalue weighted by molar-refractivity contribution is 7.21. The number of allylic oxidation sites excluding steroid dienone is 1.